The van der Waals surface area contributed by atoms with Crippen molar-refractivity contribution in [1.29, 1.82) is 0 Å². The fourth-order valence-corrected chi connectivity index (χ4v) is 2.53. The summed E-state index contributed by atoms with van der Waals surface area (Å²) in [6.45, 7) is 13.5. The molecule has 0 saturated carbocycles. The molecule has 1 N–H and O–H groups in total. The number of rotatable bonds is 7. The van der Waals surface area contributed by atoms with Crippen LogP contribution in [-0.4, -0.2) is 25.7 Å². The summed E-state index contributed by atoms with van der Waals surface area (Å²) in [6, 6.07) is 15.6. The van der Waals surface area contributed by atoms with Crippen molar-refractivity contribution in [2.45, 2.75) is 26.8 Å². The van der Waals surface area contributed by atoms with Crippen molar-refractivity contribution in [3.8, 4) is 0 Å². The van der Waals surface area contributed by atoms with E-state index in [1.807, 2.05) is 0 Å². The van der Waals surface area contributed by atoms with E-state index in [1.165, 1.54) is 22.0 Å². The van der Waals surface area contributed by atoms with Crippen molar-refractivity contribution < 1.29 is 0 Å². The number of hydrogen-bond acceptors (Lipinski definition) is 2. The van der Waals surface area contributed by atoms with Crippen LogP contribution in [0.1, 0.15) is 20.8 Å². The molecule has 21 heavy (non-hydrogen) atoms. The summed E-state index contributed by atoms with van der Waals surface area (Å²) in [4.78, 5) is 2.40. The molecule has 0 fully saturated rings. The number of fused-ring (bicyclic) bond motifs is 1. The molecule has 0 aliphatic heterocycles. The lowest BCUT2D eigenvalue weighted by atomic mass is 10.1. The molecule has 0 aromatic heterocycles. The van der Waals surface area contributed by atoms with Gasteiger partial charge in [-0.05, 0) is 23.9 Å². The van der Waals surface area contributed by atoms with Crippen LogP contribution in [-0.2, 0) is 0 Å². The summed E-state index contributed by atoms with van der Waals surface area (Å²) in [6.07, 6.45) is 0. The number of likely N-dealkylation sites (N-methyl/N-ethyl adjacent to an activating group) is 1. The molecule has 2 heteroatoms. The Bertz CT molecular complexity index is 596. The second-order valence-electron chi connectivity index (χ2n) is 5.80. The first-order chi connectivity index (χ1) is 10.1. The van der Waals surface area contributed by atoms with Crippen molar-refractivity contribution in [2.75, 3.05) is 24.5 Å². The number of hydrogen-bond donors (Lipinski definition) is 1. The maximum atomic E-state index is 4.22. The molecule has 0 atom stereocenters. The van der Waals surface area contributed by atoms with Crippen LogP contribution >= 0.6 is 0 Å². The molecule has 0 radical (unpaired) electrons. The Labute approximate surface area is 128 Å². The summed E-state index contributed by atoms with van der Waals surface area (Å²) in [7, 11) is 0. The summed E-state index contributed by atoms with van der Waals surface area (Å²) < 4.78 is 0. The zero-order chi connectivity index (χ0) is 15.2. The van der Waals surface area contributed by atoms with Gasteiger partial charge in [-0.2, -0.15) is 0 Å². The summed E-state index contributed by atoms with van der Waals surface area (Å²) >= 11 is 0. The molecule has 2 rings (SSSR count). The first kappa shape index (κ1) is 15.6. The van der Waals surface area contributed by atoms with Crippen molar-refractivity contribution in [3.63, 3.8) is 0 Å². The number of benzene rings is 2. The van der Waals surface area contributed by atoms with Gasteiger partial charge in [-0.3, -0.25) is 0 Å². The molecule has 0 aliphatic rings. The topological polar surface area (TPSA) is 15.3 Å². The molecule has 112 valence electrons. The maximum absolute atomic E-state index is 4.22. The van der Waals surface area contributed by atoms with Crippen LogP contribution in [0.25, 0.3) is 10.8 Å². The van der Waals surface area contributed by atoms with E-state index in [1.54, 1.807) is 0 Å². The first-order valence-electron chi connectivity index (χ1n) is 7.74. The van der Waals surface area contributed by atoms with E-state index in [4.69, 9.17) is 0 Å². The minimum Gasteiger partial charge on any atom is -0.367 e. The van der Waals surface area contributed by atoms with E-state index in [0.717, 1.165) is 19.6 Å². The van der Waals surface area contributed by atoms with E-state index >= 15 is 0 Å². The molecule has 0 heterocycles. The van der Waals surface area contributed by atoms with Gasteiger partial charge in [0.2, 0.25) is 0 Å². The summed E-state index contributed by atoms with van der Waals surface area (Å²) in [5.74, 6) is 0. The van der Waals surface area contributed by atoms with Crippen LogP contribution in [0.5, 0.6) is 0 Å². The Morgan fingerprint density at radius 3 is 2.57 bits per heavy atom. The molecule has 0 unspecified atom stereocenters. The summed E-state index contributed by atoms with van der Waals surface area (Å²) in [5, 5.41) is 6.04. The van der Waals surface area contributed by atoms with Gasteiger partial charge in [0.1, 0.15) is 0 Å². The molecule has 2 aromatic carbocycles. The van der Waals surface area contributed by atoms with Crippen LogP contribution in [0.3, 0.4) is 0 Å². The number of nitrogens with one attached hydrogen (secondary N) is 1. The predicted octanol–water partition coefficient (Wildman–Crippen LogP) is 4.22. The van der Waals surface area contributed by atoms with Gasteiger partial charge in [-0.25, -0.2) is 0 Å². The van der Waals surface area contributed by atoms with Crippen molar-refractivity contribution in [2.24, 2.45) is 0 Å². The Morgan fingerprint density at radius 1 is 1.14 bits per heavy atom. The second-order valence-corrected chi connectivity index (χ2v) is 5.80. The van der Waals surface area contributed by atoms with Crippen molar-refractivity contribution in [1.82, 2.24) is 5.32 Å². The predicted molar refractivity (Wildman–Crippen MR) is 94.1 cm³/mol. The molecule has 0 saturated heterocycles. The van der Waals surface area contributed by atoms with Gasteiger partial charge < -0.3 is 10.2 Å². The first-order valence-corrected chi connectivity index (χ1v) is 7.74. The fraction of sp³-hybridized carbons (Fsp3) is 0.368. The fourth-order valence-electron chi connectivity index (χ4n) is 2.53. The van der Waals surface area contributed by atoms with E-state index in [0.29, 0.717) is 6.04 Å². The highest BCUT2D eigenvalue weighted by Gasteiger charge is 2.09. The van der Waals surface area contributed by atoms with E-state index in [-0.39, 0.29) is 0 Å². The highest BCUT2D eigenvalue weighted by atomic mass is 15.1. The Hall–Kier alpha value is -1.80. The lowest BCUT2D eigenvalue weighted by molar-refractivity contribution is 0.616. The molecule has 0 spiro atoms. The average Bonchev–Trinajstić information content (AvgIpc) is 2.50. The van der Waals surface area contributed by atoms with Crippen LogP contribution < -0.4 is 10.2 Å². The van der Waals surface area contributed by atoms with Crippen LogP contribution in [0, 0.1) is 0 Å². The normalized spacial score (nSPS) is 11.0. The molecular weight excluding hydrogens is 256 g/mol. The maximum Gasteiger partial charge on any atom is 0.0448 e. The van der Waals surface area contributed by atoms with Gasteiger partial charge >= 0.3 is 0 Å². The smallest absolute Gasteiger partial charge is 0.0448 e. The second kappa shape index (κ2) is 7.28. The van der Waals surface area contributed by atoms with Gasteiger partial charge in [-0.15, -0.1) is 0 Å². The van der Waals surface area contributed by atoms with Crippen molar-refractivity contribution in [3.05, 3.63) is 54.6 Å². The van der Waals surface area contributed by atoms with Gasteiger partial charge in [0.05, 0.1) is 0 Å². The third kappa shape index (κ3) is 4.08. The van der Waals surface area contributed by atoms with Gasteiger partial charge in [-0.1, -0.05) is 56.8 Å². The number of nitrogens with zero attached hydrogens (tertiary/aromatic N) is 1. The van der Waals surface area contributed by atoms with E-state index < -0.39 is 0 Å². The quantitative estimate of drug-likeness (QED) is 0.765. The third-order valence-electron chi connectivity index (χ3n) is 3.66. The van der Waals surface area contributed by atoms with E-state index in [2.05, 4.69) is 80.0 Å². The highest BCUT2D eigenvalue weighted by molar-refractivity contribution is 5.94. The van der Waals surface area contributed by atoms with Crippen LogP contribution in [0.15, 0.2) is 54.6 Å². The largest absolute Gasteiger partial charge is 0.367 e. The lowest BCUT2D eigenvalue weighted by Gasteiger charge is -2.26. The summed E-state index contributed by atoms with van der Waals surface area (Å²) in [5.41, 5.74) is 2.51. The molecule has 2 aromatic rings. The molecular formula is C19H26N2. The Morgan fingerprint density at radius 2 is 1.86 bits per heavy atom. The van der Waals surface area contributed by atoms with Crippen molar-refractivity contribution >= 4 is 16.5 Å². The van der Waals surface area contributed by atoms with Crippen LogP contribution in [0.2, 0.25) is 0 Å². The highest BCUT2D eigenvalue weighted by Crippen LogP contribution is 2.26. The standard InChI is InChI=1S/C19H26N2/c1-5-21(14-16(4)13-20-15(2)3)19-12-8-10-17-9-6-7-11-18(17)19/h6-12,15,20H,4-5,13-14H2,1-3H3. The average molecular weight is 282 g/mol. The van der Waals surface area contributed by atoms with Gasteiger partial charge in [0, 0.05) is 36.7 Å². The molecule has 2 nitrogen and oxygen atoms in total. The van der Waals surface area contributed by atoms with E-state index in [9.17, 15) is 0 Å². The number of anilines is 1. The monoisotopic (exact) mass is 282 g/mol. The molecule has 0 aliphatic carbocycles. The minimum atomic E-state index is 0.495. The lowest BCUT2D eigenvalue weighted by Crippen LogP contribution is -2.31. The molecule has 0 bridgehead atoms. The Balaban J connectivity index is 2.18. The minimum absolute atomic E-state index is 0.495. The van der Waals surface area contributed by atoms with Gasteiger partial charge in [0.25, 0.3) is 0 Å². The zero-order valence-corrected chi connectivity index (χ0v) is 13.4. The van der Waals surface area contributed by atoms with Crippen LogP contribution in [0.4, 0.5) is 5.69 Å². The Kier molecular flexibility index (Phi) is 5.40. The van der Waals surface area contributed by atoms with Gasteiger partial charge in [0.15, 0.2) is 0 Å². The SMILES string of the molecule is C=C(CNC(C)C)CN(CC)c1cccc2ccccc12. The molecule has 0 amide bonds. The zero-order valence-electron chi connectivity index (χ0n) is 13.4. The third-order valence-corrected chi connectivity index (χ3v) is 3.66.